The second-order valence-corrected chi connectivity index (χ2v) is 8.05. The third-order valence-electron chi connectivity index (χ3n) is 5.05. The van der Waals surface area contributed by atoms with Crippen LogP contribution in [0.5, 0.6) is 0 Å². The number of hydrogen-bond acceptors (Lipinski definition) is 4. The summed E-state index contributed by atoms with van der Waals surface area (Å²) in [6.45, 7) is 3.06. The first-order valence-electron chi connectivity index (χ1n) is 8.72. The summed E-state index contributed by atoms with van der Waals surface area (Å²) in [4.78, 5) is 14.5. The first-order valence-corrected chi connectivity index (χ1v) is 10.2. The molecule has 1 aromatic rings. The first-order chi connectivity index (χ1) is 12.1. The summed E-state index contributed by atoms with van der Waals surface area (Å²) in [7, 11) is -2.72. The fraction of sp³-hybridized carbons (Fsp3) is 0.588. The predicted molar refractivity (Wildman–Crippen MR) is 98.0 cm³/mol. The Morgan fingerprint density at radius 2 is 1.88 bits per heavy atom. The van der Waals surface area contributed by atoms with Gasteiger partial charge in [-0.25, -0.2) is 8.42 Å². The van der Waals surface area contributed by atoms with Gasteiger partial charge in [0, 0.05) is 37.2 Å². The maximum absolute atomic E-state index is 12.6. The molecule has 1 aromatic carbocycles. The molecule has 2 fully saturated rings. The number of thiol groups is 1. The zero-order valence-electron chi connectivity index (χ0n) is 14.1. The summed E-state index contributed by atoms with van der Waals surface area (Å²) in [6.07, 6.45) is 2.33. The highest BCUT2D eigenvalue weighted by atomic mass is 35.5. The molecule has 1 N–H and O–H groups in total. The Labute approximate surface area is 155 Å². The van der Waals surface area contributed by atoms with Gasteiger partial charge in [0.15, 0.2) is 0 Å². The molecule has 2 aliphatic heterocycles. The molecule has 2 saturated heterocycles. The van der Waals surface area contributed by atoms with Gasteiger partial charge in [-0.15, -0.1) is 0 Å². The van der Waals surface area contributed by atoms with Crippen LogP contribution in [-0.2, 0) is 15.7 Å². The van der Waals surface area contributed by atoms with Gasteiger partial charge in [-0.3, -0.25) is 4.79 Å². The van der Waals surface area contributed by atoms with Crippen LogP contribution in [0.4, 0.5) is 0 Å². The summed E-state index contributed by atoms with van der Waals surface area (Å²) >= 11 is 5.94. The number of carbonyl (C=O) groups is 1. The van der Waals surface area contributed by atoms with Crippen LogP contribution >= 0.6 is 11.6 Å². The zero-order valence-corrected chi connectivity index (χ0v) is 15.7. The van der Waals surface area contributed by atoms with E-state index in [0.29, 0.717) is 31.1 Å². The molecule has 2 atom stereocenters. The molecule has 0 radical (unpaired) electrons. The third kappa shape index (κ3) is 4.53. The third-order valence-corrected chi connectivity index (χ3v) is 6.20. The zero-order chi connectivity index (χ0) is 17.8. The van der Waals surface area contributed by atoms with Crippen LogP contribution in [-0.4, -0.2) is 56.3 Å². The second-order valence-electron chi connectivity index (χ2n) is 6.63. The summed E-state index contributed by atoms with van der Waals surface area (Å²) < 4.78 is 25.1. The number of hydrogen-bond donors (Lipinski definition) is 2. The lowest BCUT2D eigenvalue weighted by molar-refractivity contribution is -0.135. The number of carbonyl (C=O) groups excluding carboxylic acids is 1. The Bertz CT molecular complexity index is 666. The van der Waals surface area contributed by atoms with Crippen LogP contribution in [0.15, 0.2) is 24.3 Å². The van der Waals surface area contributed by atoms with Crippen LogP contribution in [0, 0.1) is 5.92 Å². The Balaban J connectivity index is 1.73. The highest BCUT2D eigenvalue weighted by Crippen LogP contribution is 2.29. The molecular weight excluding hydrogens is 362 g/mol. The van der Waals surface area contributed by atoms with Crippen LogP contribution in [0.25, 0.3) is 0 Å². The number of amides is 1. The maximum Gasteiger partial charge on any atom is 0.227 e. The number of nitrogens with one attached hydrogen (secondary N) is 1. The largest absolute Gasteiger partial charge is 0.341 e. The van der Waals surface area contributed by atoms with E-state index in [2.05, 4.69) is 5.32 Å². The van der Waals surface area contributed by atoms with Gasteiger partial charge in [-0.2, -0.15) is 4.31 Å². The molecular formula is C17H24ClN3O3S. The van der Waals surface area contributed by atoms with E-state index >= 15 is 0 Å². The molecule has 1 unspecified atom stereocenters. The van der Waals surface area contributed by atoms with E-state index in [4.69, 9.17) is 11.6 Å². The van der Waals surface area contributed by atoms with Crippen LogP contribution in [0.3, 0.4) is 0 Å². The second kappa shape index (κ2) is 8.49. The maximum atomic E-state index is 12.6. The van der Waals surface area contributed by atoms with Crippen LogP contribution < -0.4 is 5.32 Å². The fourth-order valence-electron chi connectivity index (χ4n) is 3.68. The van der Waals surface area contributed by atoms with E-state index in [0.717, 1.165) is 31.5 Å². The van der Waals surface area contributed by atoms with E-state index in [9.17, 15) is 13.2 Å². The molecule has 2 aliphatic rings. The molecule has 1 amide bonds. The van der Waals surface area contributed by atoms with E-state index in [-0.39, 0.29) is 17.9 Å². The normalized spacial score (nSPS) is 25.8. The summed E-state index contributed by atoms with van der Waals surface area (Å²) in [6, 6.07) is 7.15. The smallest absolute Gasteiger partial charge is 0.227 e. The molecule has 0 bridgehead atoms. The Morgan fingerprint density at radius 1 is 1.12 bits per heavy atom. The molecule has 0 aromatic heterocycles. The van der Waals surface area contributed by atoms with Gasteiger partial charge in [0.1, 0.15) is 0 Å². The van der Waals surface area contributed by atoms with Gasteiger partial charge < -0.3 is 10.2 Å². The van der Waals surface area contributed by atoms with Gasteiger partial charge in [-0.05, 0) is 43.5 Å². The van der Waals surface area contributed by atoms with E-state index in [1.807, 2.05) is 17.0 Å². The van der Waals surface area contributed by atoms with Crippen molar-refractivity contribution in [3.8, 4) is 0 Å². The molecule has 8 heteroatoms. The number of nitrogens with zero attached hydrogens (tertiary/aromatic N) is 2. The molecule has 0 aliphatic carbocycles. The molecule has 0 spiro atoms. The van der Waals surface area contributed by atoms with Crippen molar-refractivity contribution in [1.82, 2.24) is 14.5 Å². The molecule has 3 rings (SSSR count). The van der Waals surface area contributed by atoms with Crippen molar-refractivity contribution in [1.29, 1.82) is 0 Å². The molecule has 138 valence electrons. The first kappa shape index (κ1) is 18.6. The van der Waals surface area contributed by atoms with Crippen molar-refractivity contribution < 1.29 is 13.2 Å². The number of rotatable bonds is 3. The van der Waals surface area contributed by atoms with Crippen molar-refractivity contribution in [2.24, 2.45) is 5.92 Å². The van der Waals surface area contributed by atoms with E-state index in [1.54, 1.807) is 12.1 Å². The highest BCUT2D eigenvalue weighted by molar-refractivity contribution is 7.69. The fourth-order valence-corrected chi connectivity index (χ4v) is 4.53. The summed E-state index contributed by atoms with van der Waals surface area (Å²) in [5, 5.41) is 3.85. The summed E-state index contributed by atoms with van der Waals surface area (Å²) in [5.74, 6) is 0.178. The van der Waals surface area contributed by atoms with E-state index in [1.165, 1.54) is 4.31 Å². The standard InChI is InChI=1S/C17H24ClN3O3S/c18-15-5-3-13(4-6-15)16-2-1-9-20(10-11-21(16)25(23)24)17(22)14-7-8-19-12-14/h3-6,14,16,19,25H,1-2,7-12H2/t14-,16?/m0/s1. The minimum Gasteiger partial charge on any atom is -0.341 e. The monoisotopic (exact) mass is 385 g/mol. The number of benzene rings is 1. The van der Waals surface area contributed by atoms with Gasteiger partial charge in [0.2, 0.25) is 16.8 Å². The molecule has 0 saturated carbocycles. The average molecular weight is 386 g/mol. The Morgan fingerprint density at radius 3 is 2.52 bits per heavy atom. The van der Waals surface area contributed by atoms with Crippen molar-refractivity contribution in [2.45, 2.75) is 25.3 Å². The van der Waals surface area contributed by atoms with Gasteiger partial charge in [0.05, 0.1) is 5.92 Å². The quantitative estimate of drug-likeness (QED) is 0.772. The summed E-state index contributed by atoms with van der Waals surface area (Å²) in [5.41, 5.74) is 0.948. The van der Waals surface area contributed by atoms with Gasteiger partial charge in [0.25, 0.3) is 0 Å². The molecule has 6 nitrogen and oxygen atoms in total. The van der Waals surface area contributed by atoms with Gasteiger partial charge in [-0.1, -0.05) is 23.7 Å². The minimum atomic E-state index is -2.72. The molecule has 25 heavy (non-hydrogen) atoms. The topological polar surface area (TPSA) is 69.7 Å². The highest BCUT2D eigenvalue weighted by Gasteiger charge is 2.31. The predicted octanol–water partition coefficient (Wildman–Crippen LogP) is 1.44. The van der Waals surface area contributed by atoms with Crippen molar-refractivity contribution >= 4 is 28.4 Å². The lowest BCUT2D eigenvalue weighted by Crippen LogP contribution is -2.45. The van der Waals surface area contributed by atoms with Gasteiger partial charge >= 0.3 is 0 Å². The Hall–Kier alpha value is -1.15. The van der Waals surface area contributed by atoms with Crippen LogP contribution in [0.2, 0.25) is 5.02 Å². The van der Waals surface area contributed by atoms with Crippen molar-refractivity contribution in [3.05, 3.63) is 34.9 Å². The lowest BCUT2D eigenvalue weighted by Gasteiger charge is -2.34. The SMILES string of the molecule is O=C([C@H]1CCNC1)N1CCCC(c2ccc(Cl)cc2)N([SH](=O)=O)CC1. The van der Waals surface area contributed by atoms with Crippen LogP contribution in [0.1, 0.15) is 30.9 Å². The van der Waals surface area contributed by atoms with E-state index < -0.39 is 10.9 Å². The lowest BCUT2D eigenvalue weighted by atomic mass is 10.00. The van der Waals surface area contributed by atoms with Crippen molar-refractivity contribution in [2.75, 3.05) is 32.7 Å². The average Bonchev–Trinajstić information content (AvgIpc) is 3.10. The molecule has 2 heterocycles. The van der Waals surface area contributed by atoms with Crippen molar-refractivity contribution in [3.63, 3.8) is 0 Å². The minimum absolute atomic E-state index is 0.0287. The Kier molecular flexibility index (Phi) is 6.33. The number of halogens is 1.